The molecule has 19 heteroatoms. The number of alkyl halides is 2. The van der Waals surface area contributed by atoms with Crippen molar-refractivity contribution < 1.29 is 50.7 Å². The van der Waals surface area contributed by atoms with Gasteiger partial charge >= 0.3 is 11.1 Å². The first-order chi connectivity index (χ1) is 13.1. The number of nitrogens with two attached hydrogens (primary N) is 1. The minimum Gasteiger partial charge on any atom is -0.806 e. The van der Waals surface area contributed by atoms with Crippen LogP contribution in [0.15, 0.2) is 17.1 Å². The second-order valence-corrected chi connectivity index (χ2v) is 11.2. The van der Waals surface area contributed by atoms with Crippen LogP contribution in [-0.2, 0) is 27.3 Å². The molecule has 0 aromatic carbocycles. The molecule has 2 heterocycles. The number of rotatable bonds is 8. The fraction of sp³-hybridized carbons (Fsp3) is 0.600. The molecule has 2 rings (SSSR count). The predicted octanol–water partition coefficient (Wildman–Crippen LogP) is -1.17. The van der Waals surface area contributed by atoms with Crippen LogP contribution in [0.3, 0.4) is 0 Å². The zero-order valence-electron chi connectivity index (χ0n) is 14.2. The lowest BCUT2D eigenvalue weighted by Crippen LogP contribution is -2.35. The van der Waals surface area contributed by atoms with E-state index in [2.05, 4.69) is 13.8 Å². The Bertz CT molecular complexity index is 971. The second-order valence-electron chi connectivity index (χ2n) is 5.75. The topological polar surface area (TPSA) is 209 Å². The van der Waals surface area contributed by atoms with Crippen molar-refractivity contribution in [3.05, 3.63) is 22.7 Å². The Hall–Kier alpha value is -0.945. The van der Waals surface area contributed by atoms with Crippen LogP contribution in [0, 0.1) is 0 Å². The largest absolute Gasteiger partial charge is 0.806 e. The number of nitrogen functional groups attached to an aromatic ring is 1. The Kier molecular flexibility index (Phi) is 6.96. The second kappa shape index (κ2) is 8.29. The molecule has 1 aromatic heterocycles. The van der Waals surface area contributed by atoms with Crippen molar-refractivity contribution in [2.75, 3.05) is 12.3 Å². The monoisotopic (exact) mass is 476 g/mol. The maximum Gasteiger partial charge on any atom is 0.351 e. The van der Waals surface area contributed by atoms with Crippen LogP contribution in [0.25, 0.3) is 0 Å². The van der Waals surface area contributed by atoms with Gasteiger partial charge in [-0.05, 0) is 18.9 Å². The Morgan fingerprint density at radius 2 is 1.97 bits per heavy atom. The van der Waals surface area contributed by atoms with E-state index < -0.39 is 52.7 Å². The van der Waals surface area contributed by atoms with Crippen LogP contribution in [0.1, 0.15) is 19.1 Å². The quantitative estimate of drug-likeness (QED) is 0.348. The third-order valence-electron chi connectivity index (χ3n) is 3.57. The smallest absolute Gasteiger partial charge is 0.351 e. The van der Waals surface area contributed by atoms with Crippen molar-refractivity contribution in [1.82, 2.24) is 9.55 Å². The summed E-state index contributed by atoms with van der Waals surface area (Å²) < 4.78 is 74.3. The van der Waals surface area contributed by atoms with Crippen molar-refractivity contribution in [3.8, 4) is 0 Å². The van der Waals surface area contributed by atoms with Gasteiger partial charge in [-0.1, -0.05) is 0 Å². The van der Waals surface area contributed by atoms with Gasteiger partial charge in [0.1, 0.15) is 12.0 Å². The van der Waals surface area contributed by atoms with Crippen molar-refractivity contribution in [2.45, 2.75) is 30.6 Å². The Morgan fingerprint density at radius 1 is 1.34 bits per heavy atom. The number of ether oxygens (including phenoxy) is 1. The number of halogens is 2. The van der Waals surface area contributed by atoms with Gasteiger partial charge in [-0.3, -0.25) is 8.88 Å². The van der Waals surface area contributed by atoms with Gasteiger partial charge in [-0.25, -0.2) is 4.79 Å². The first kappa shape index (κ1) is 24.3. The summed E-state index contributed by atoms with van der Waals surface area (Å²) >= 11 is 0. The summed E-state index contributed by atoms with van der Waals surface area (Å²) in [5.41, 5.74) is 4.63. The predicted molar refractivity (Wildman–Crippen MR) is 86.6 cm³/mol. The fourth-order valence-corrected chi connectivity index (χ4v) is 5.90. The normalized spacial score (nSPS) is 24.8. The number of hydrogen-bond donors (Lipinski definition) is 1. The first-order valence-corrected chi connectivity index (χ1v) is 12.2. The number of nitrogens with zero attached hydrogens (tertiary/aromatic N) is 2. The summed E-state index contributed by atoms with van der Waals surface area (Å²) in [5, 5.41) is -5.89. The highest BCUT2D eigenvalue weighted by molar-refractivity contribution is 7.85. The van der Waals surface area contributed by atoms with Gasteiger partial charge in [0.05, 0.1) is 20.2 Å². The molecule has 13 nitrogen and oxygen atoms in total. The van der Waals surface area contributed by atoms with Crippen LogP contribution in [-0.4, -0.2) is 35.2 Å². The van der Waals surface area contributed by atoms with Crippen LogP contribution in [0.4, 0.5) is 14.6 Å². The molecule has 4 atom stereocenters. The average Bonchev–Trinajstić information content (AvgIpc) is 2.99. The molecule has 3 radical (unpaired) electrons. The number of hydrogen-bond acceptors (Lipinski definition) is 12. The van der Waals surface area contributed by atoms with E-state index in [0.717, 1.165) is 4.57 Å². The van der Waals surface area contributed by atoms with Crippen LogP contribution in [0.2, 0.25) is 0 Å². The lowest BCUT2D eigenvalue weighted by Gasteiger charge is -2.46. The van der Waals surface area contributed by atoms with E-state index in [0.29, 0.717) is 0 Å². The van der Waals surface area contributed by atoms with Gasteiger partial charge in [0.25, 0.3) is 0 Å². The highest BCUT2D eigenvalue weighted by Gasteiger charge is 2.47. The summed E-state index contributed by atoms with van der Waals surface area (Å²) in [6, 6.07) is 1.33. The van der Waals surface area contributed by atoms with Crippen molar-refractivity contribution in [1.29, 1.82) is 0 Å². The number of anilines is 1. The molecule has 0 aliphatic carbocycles. The highest BCUT2D eigenvalue weighted by Crippen LogP contribution is 2.72. The summed E-state index contributed by atoms with van der Waals surface area (Å²) in [6.45, 7) is -0.723. The van der Waals surface area contributed by atoms with Gasteiger partial charge in [0.15, 0.2) is 0 Å². The zero-order chi connectivity index (χ0) is 22.3. The van der Waals surface area contributed by atoms with Crippen molar-refractivity contribution in [3.63, 3.8) is 0 Å². The first-order valence-electron chi connectivity index (χ1n) is 7.51. The summed E-state index contributed by atoms with van der Waals surface area (Å²) in [7, 11) is -14.3. The molecular formula is C10H12BF2N3O10P3-4. The maximum absolute atomic E-state index is 13.2. The zero-order valence-corrected chi connectivity index (χ0v) is 16.8. The summed E-state index contributed by atoms with van der Waals surface area (Å²) in [6.07, 6.45) is -0.0212. The Labute approximate surface area is 162 Å². The van der Waals surface area contributed by atoms with Gasteiger partial charge < -0.3 is 50.9 Å². The molecule has 4 unspecified atom stereocenters. The molecule has 163 valence electrons. The minimum atomic E-state index is -7.00. The molecule has 0 bridgehead atoms. The van der Waals surface area contributed by atoms with E-state index in [-0.39, 0.29) is 18.7 Å². The van der Waals surface area contributed by atoms with E-state index in [9.17, 15) is 42.0 Å². The van der Waals surface area contributed by atoms with Crippen molar-refractivity contribution in [2.24, 2.45) is 0 Å². The summed E-state index contributed by atoms with van der Waals surface area (Å²) in [5.74, 6) is -0.0232. The van der Waals surface area contributed by atoms with Crippen LogP contribution >= 0.6 is 22.7 Å². The third-order valence-corrected chi connectivity index (χ3v) is 8.63. The average molecular weight is 476 g/mol. The lowest BCUT2D eigenvalue weighted by molar-refractivity contribution is -0.331. The van der Waals surface area contributed by atoms with Gasteiger partial charge in [-0.15, -0.1) is 0 Å². The van der Waals surface area contributed by atoms with Crippen LogP contribution < -0.4 is 26.1 Å². The molecule has 2 N–H and O–H groups in total. The lowest BCUT2D eigenvalue weighted by atomic mass is 10.2. The SMILES string of the molecule is [B-]P(=O)(OCC1CCC(n2ccc(N)nc2=O)O1)OP(=O)([O-])C(F)(F)P(=O)([O-])[O-]. The van der Waals surface area contributed by atoms with E-state index in [1.807, 2.05) is 0 Å². The molecule has 1 aliphatic heterocycles. The third kappa shape index (κ3) is 5.60. The fourth-order valence-electron chi connectivity index (χ4n) is 2.22. The van der Waals surface area contributed by atoms with Crippen LogP contribution in [0.5, 0.6) is 0 Å². The van der Waals surface area contributed by atoms with Gasteiger partial charge in [-0.2, -0.15) is 13.8 Å². The van der Waals surface area contributed by atoms with E-state index >= 15 is 0 Å². The summed E-state index contributed by atoms with van der Waals surface area (Å²) in [4.78, 5) is 47.3. The Morgan fingerprint density at radius 3 is 2.52 bits per heavy atom. The molecule has 1 fully saturated rings. The van der Waals surface area contributed by atoms with E-state index in [1.165, 1.54) is 12.3 Å². The molecule has 1 aliphatic rings. The highest BCUT2D eigenvalue weighted by atomic mass is 31.3. The molecule has 1 saturated heterocycles. The van der Waals surface area contributed by atoms with Gasteiger partial charge in [0.2, 0.25) is 7.60 Å². The molecule has 0 spiro atoms. The van der Waals surface area contributed by atoms with E-state index in [4.69, 9.17) is 18.0 Å². The minimum absolute atomic E-state index is 0.0232. The maximum atomic E-state index is 13.2. The molecule has 29 heavy (non-hydrogen) atoms. The van der Waals surface area contributed by atoms with Gasteiger partial charge in [0, 0.05) is 13.8 Å². The number of aromatic nitrogens is 2. The Balaban J connectivity index is 1.99. The molecule has 0 saturated carbocycles. The standard InChI is InChI=1S/C10H15BF2N3O10P3/c11-29(23,26-28(21,22)10(12,13)27(18,19)20)24-5-6-1-2-8(25-6)16-4-3-7(14)15-9(16)17/h3-4,6,8H,1-2,5H2,(H,21,22)(H2,14,15,17)(H2,18,19,20)/q-1/p-3. The van der Waals surface area contributed by atoms with Crippen molar-refractivity contribution >= 4 is 36.0 Å². The van der Waals surface area contributed by atoms with E-state index in [1.54, 1.807) is 0 Å². The molecule has 0 amide bonds. The molecular weight excluding hydrogens is 464 g/mol. The molecule has 1 aromatic rings.